The Balaban J connectivity index is 1.94. The van der Waals surface area contributed by atoms with E-state index < -0.39 is 10.8 Å². The molecule has 1 aromatic heterocycles. The summed E-state index contributed by atoms with van der Waals surface area (Å²) in [7, 11) is 0. The molecule has 29 heavy (non-hydrogen) atoms. The molecule has 0 unspecified atom stereocenters. The van der Waals surface area contributed by atoms with E-state index in [1.165, 1.54) is 11.8 Å². The van der Waals surface area contributed by atoms with Crippen molar-refractivity contribution < 1.29 is 4.79 Å². The summed E-state index contributed by atoms with van der Waals surface area (Å²) in [6.07, 6.45) is 4.10. The molecule has 3 rings (SSSR count). The van der Waals surface area contributed by atoms with Crippen LogP contribution in [0.4, 0.5) is 0 Å². The molecule has 1 heterocycles. The first-order valence-electron chi connectivity index (χ1n) is 10.2. The number of carbonyl (C=O) groups excluding carboxylic acids is 1. The van der Waals surface area contributed by atoms with Crippen LogP contribution in [0.3, 0.4) is 0 Å². The molecule has 1 saturated carbocycles. The monoisotopic (exact) mass is 412 g/mol. The van der Waals surface area contributed by atoms with Crippen LogP contribution in [0.2, 0.25) is 0 Å². The molecular formula is C22H28N4O2S. The van der Waals surface area contributed by atoms with Gasteiger partial charge in [-0.1, -0.05) is 50.6 Å². The minimum atomic E-state index is -0.937. The molecule has 0 bridgehead atoms. The van der Waals surface area contributed by atoms with E-state index in [1.807, 2.05) is 38.1 Å². The van der Waals surface area contributed by atoms with E-state index in [9.17, 15) is 14.9 Å². The first-order chi connectivity index (χ1) is 13.8. The Bertz CT molecular complexity index is 1000. The van der Waals surface area contributed by atoms with Crippen molar-refractivity contribution in [3.05, 3.63) is 34.6 Å². The van der Waals surface area contributed by atoms with Crippen LogP contribution in [0.5, 0.6) is 0 Å². The summed E-state index contributed by atoms with van der Waals surface area (Å²) in [5, 5.41) is 13.1. The summed E-state index contributed by atoms with van der Waals surface area (Å²) in [6.45, 7) is 7.34. The first-order valence-corrected chi connectivity index (χ1v) is 11.1. The lowest BCUT2D eigenvalue weighted by atomic mass is 9.90. The van der Waals surface area contributed by atoms with Crippen molar-refractivity contribution in [1.82, 2.24) is 14.9 Å². The highest BCUT2D eigenvalue weighted by Gasteiger charge is 2.33. The normalized spacial score (nSPS) is 17.8. The van der Waals surface area contributed by atoms with Crippen LogP contribution in [-0.2, 0) is 4.79 Å². The topological polar surface area (TPSA) is 87.8 Å². The number of para-hydroxylation sites is 1. The highest BCUT2D eigenvalue weighted by molar-refractivity contribution is 8.00. The van der Waals surface area contributed by atoms with E-state index in [-0.39, 0.29) is 23.4 Å². The molecule has 6 nitrogen and oxygen atoms in total. The number of nitriles is 1. The van der Waals surface area contributed by atoms with Gasteiger partial charge in [0.25, 0.3) is 5.56 Å². The lowest BCUT2D eigenvalue weighted by Crippen LogP contribution is -2.51. The predicted molar refractivity (Wildman–Crippen MR) is 116 cm³/mol. The largest absolute Gasteiger partial charge is 0.337 e. The Labute approximate surface area is 175 Å². The second-order valence-corrected chi connectivity index (χ2v) is 9.55. The van der Waals surface area contributed by atoms with Crippen LogP contribution in [0.1, 0.15) is 59.4 Å². The maximum absolute atomic E-state index is 13.2. The second-order valence-electron chi connectivity index (χ2n) is 8.24. The van der Waals surface area contributed by atoms with Crippen molar-refractivity contribution in [3.8, 4) is 6.07 Å². The molecule has 1 aromatic carbocycles. The van der Waals surface area contributed by atoms with Crippen molar-refractivity contribution in [2.24, 2.45) is 5.92 Å². The minimum Gasteiger partial charge on any atom is -0.337 e. The number of hydrogen-bond acceptors (Lipinski definition) is 5. The Kier molecular flexibility index (Phi) is 6.33. The third-order valence-electron chi connectivity index (χ3n) is 5.89. The molecule has 2 aromatic rings. The standard InChI is InChI=1S/C22H28N4O2S/c1-14(2)22(4,13-23)25-19(27)15(3)29-21-24-18-12-8-7-11-17(18)20(28)26(21)16-9-5-6-10-16/h7-8,11-12,14-16H,5-6,9-10H2,1-4H3,(H,25,27)/t15-,22-/m0/s1. The second kappa shape index (κ2) is 8.58. The smallest absolute Gasteiger partial charge is 0.262 e. The third-order valence-corrected chi connectivity index (χ3v) is 6.95. The average Bonchev–Trinajstić information content (AvgIpc) is 3.22. The van der Waals surface area contributed by atoms with Gasteiger partial charge in [-0.2, -0.15) is 5.26 Å². The van der Waals surface area contributed by atoms with Crippen LogP contribution < -0.4 is 10.9 Å². The van der Waals surface area contributed by atoms with Crippen molar-refractivity contribution in [2.75, 3.05) is 0 Å². The van der Waals surface area contributed by atoms with Crippen molar-refractivity contribution in [2.45, 2.75) is 75.4 Å². The van der Waals surface area contributed by atoms with Crippen LogP contribution in [0, 0.1) is 17.2 Å². The van der Waals surface area contributed by atoms with Crippen molar-refractivity contribution in [1.29, 1.82) is 5.26 Å². The number of thioether (sulfide) groups is 1. The van der Waals surface area contributed by atoms with Gasteiger partial charge >= 0.3 is 0 Å². The Morgan fingerprint density at radius 1 is 1.31 bits per heavy atom. The molecule has 1 aliphatic rings. The summed E-state index contributed by atoms with van der Waals surface area (Å²) in [6, 6.07) is 9.67. The molecule has 2 atom stereocenters. The molecular weight excluding hydrogens is 384 g/mol. The van der Waals surface area contributed by atoms with Gasteiger partial charge in [0.2, 0.25) is 5.91 Å². The van der Waals surface area contributed by atoms with E-state index in [0.29, 0.717) is 16.1 Å². The summed E-state index contributed by atoms with van der Waals surface area (Å²) in [4.78, 5) is 30.8. The highest BCUT2D eigenvalue weighted by atomic mass is 32.2. The number of nitrogens with zero attached hydrogens (tertiary/aromatic N) is 3. The van der Waals surface area contributed by atoms with Crippen LogP contribution in [0.25, 0.3) is 10.9 Å². The molecule has 0 radical (unpaired) electrons. The summed E-state index contributed by atoms with van der Waals surface area (Å²) in [5.41, 5.74) is -0.332. The van der Waals surface area contributed by atoms with E-state index in [1.54, 1.807) is 18.4 Å². The van der Waals surface area contributed by atoms with Crippen LogP contribution in [0.15, 0.2) is 34.2 Å². The number of carbonyl (C=O) groups is 1. The molecule has 7 heteroatoms. The van der Waals surface area contributed by atoms with Crippen LogP contribution >= 0.6 is 11.8 Å². The number of benzene rings is 1. The molecule has 0 aliphatic heterocycles. The predicted octanol–water partition coefficient (Wildman–Crippen LogP) is 4.05. The van der Waals surface area contributed by atoms with Crippen molar-refractivity contribution in [3.63, 3.8) is 0 Å². The molecule has 0 spiro atoms. The van der Waals surface area contributed by atoms with E-state index in [0.717, 1.165) is 25.7 Å². The van der Waals surface area contributed by atoms with Gasteiger partial charge in [-0.25, -0.2) is 4.98 Å². The van der Waals surface area contributed by atoms with Crippen LogP contribution in [-0.4, -0.2) is 26.2 Å². The zero-order chi connectivity index (χ0) is 21.2. The summed E-state index contributed by atoms with van der Waals surface area (Å²) in [5.74, 6) is -0.253. The Hall–Kier alpha value is -2.33. The SMILES string of the molecule is CC(C)[C@](C)(C#N)NC(=O)[C@H](C)Sc1nc2ccccc2c(=O)n1C1CCCC1. The van der Waals surface area contributed by atoms with Gasteiger partial charge in [0.15, 0.2) is 5.16 Å². The van der Waals surface area contributed by atoms with Gasteiger partial charge in [-0.05, 0) is 44.7 Å². The number of hydrogen-bond donors (Lipinski definition) is 1. The molecule has 1 aliphatic carbocycles. The summed E-state index contributed by atoms with van der Waals surface area (Å²) < 4.78 is 1.79. The lowest BCUT2D eigenvalue weighted by Gasteiger charge is -2.29. The Morgan fingerprint density at radius 3 is 2.59 bits per heavy atom. The number of aromatic nitrogens is 2. The molecule has 1 fully saturated rings. The number of rotatable bonds is 6. The maximum atomic E-state index is 13.2. The molecule has 1 N–H and O–H groups in total. The van der Waals surface area contributed by atoms with Gasteiger partial charge < -0.3 is 5.32 Å². The van der Waals surface area contributed by atoms with Gasteiger partial charge in [0.1, 0.15) is 5.54 Å². The van der Waals surface area contributed by atoms with E-state index in [2.05, 4.69) is 11.4 Å². The third kappa shape index (κ3) is 4.32. The van der Waals surface area contributed by atoms with E-state index >= 15 is 0 Å². The fraction of sp³-hybridized carbons (Fsp3) is 0.545. The molecule has 1 amide bonds. The quantitative estimate of drug-likeness (QED) is 0.571. The van der Waals surface area contributed by atoms with Gasteiger partial charge in [0.05, 0.1) is 22.2 Å². The summed E-state index contributed by atoms with van der Waals surface area (Å²) >= 11 is 1.29. The zero-order valence-electron chi connectivity index (χ0n) is 17.4. The average molecular weight is 413 g/mol. The molecule has 154 valence electrons. The number of amides is 1. The minimum absolute atomic E-state index is 0.0240. The molecule has 0 saturated heterocycles. The lowest BCUT2D eigenvalue weighted by molar-refractivity contribution is -0.121. The van der Waals surface area contributed by atoms with Gasteiger partial charge in [-0.15, -0.1) is 0 Å². The fourth-order valence-corrected chi connectivity index (χ4v) is 4.54. The Morgan fingerprint density at radius 2 is 1.97 bits per heavy atom. The number of fused-ring (bicyclic) bond motifs is 1. The zero-order valence-corrected chi connectivity index (χ0v) is 18.3. The van der Waals surface area contributed by atoms with E-state index in [4.69, 9.17) is 4.98 Å². The fourth-order valence-electron chi connectivity index (χ4n) is 3.56. The van der Waals surface area contributed by atoms with Gasteiger partial charge in [-0.3, -0.25) is 14.2 Å². The van der Waals surface area contributed by atoms with Gasteiger partial charge in [0, 0.05) is 6.04 Å². The van der Waals surface area contributed by atoms with Crippen molar-refractivity contribution >= 4 is 28.6 Å². The highest BCUT2D eigenvalue weighted by Crippen LogP contribution is 2.33. The maximum Gasteiger partial charge on any atom is 0.262 e. The first kappa shape index (κ1) is 21.4. The number of nitrogens with one attached hydrogen (secondary N) is 1.